The van der Waals surface area contributed by atoms with Gasteiger partial charge in [-0.05, 0) is 69.3 Å². The summed E-state index contributed by atoms with van der Waals surface area (Å²) in [5, 5.41) is 4.98. The first-order valence-electron chi connectivity index (χ1n) is 15.6. The molecule has 2 aliphatic carbocycles. The zero-order valence-electron chi connectivity index (χ0n) is 25.3. The van der Waals surface area contributed by atoms with Crippen LogP contribution in [0.2, 0.25) is 0 Å². The Morgan fingerprint density at radius 1 is 0.523 bits per heavy atom. The van der Waals surface area contributed by atoms with Crippen LogP contribution in [0.1, 0.15) is 49.9 Å². The number of aromatic nitrogens is 1. The fraction of sp³-hybridized carbons (Fsp3) is 0.143. The average Bonchev–Trinajstić information content (AvgIpc) is 3.72. The molecule has 2 aromatic heterocycles. The second kappa shape index (κ2) is 7.89. The zero-order valence-corrected chi connectivity index (χ0v) is 25.3. The van der Waals surface area contributed by atoms with Crippen molar-refractivity contribution in [2.75, 3.05) is 0 Å². The van der Waals surface area contributed by atoms with Gasteiger partial charge in [0.05, 0.1) is 11.0 Å². The van der Waals surface area contributed by atoms with Crippen molar-refractivity contribution < 1.29 is 4.42 Å². The molecule has 2 heteroatoms. The van der Waals surface area contributed by atoms with E-state index in [-0.39, 0.29) is 10.8 Å². The first-order chi connectivity index (χ1) is 21.4. The summed E-state index contributed by atoms with van der Waals surface area (Å²) >= 11 is 0. The summed E-state index contributed by atoms with van der Waals surface area (Å²) in [5.74, 6) is 0. The number of benzene rings is 6. The van der Waals surface area contributed by atoms with Crippen molar-refractivity contribution in [1.82, 2.24) is 4.57 Å². The monoisotopic (exact) mass is 565 g/mol. The van der Waals surface area contributed by atoms with Gasteiger partial charge in [-0.1, -0.05) is 113 Å². The highest BCUT2D eigenvalue weighted by Crippen LogP contribution is 2.63. The summed E-state index contributed by atoms with van der Waals surface area (Å²) < 4.78 is 8.81. The van der Waals surface area contributed by atoms with Gasteiger partial charge in [-0.15, -0.1) is 0 Å². The van der Waals surface area contributed by atoms with Crippen LogP contribution in [-0.2, 0) is 10.8 Å². The summed E-state index contributed by atoms with van der Waals surface area (Å²) in [6, 6.07) is 42.3. The van der Waals surface area contributed by atoms with E-state index in [4.69, 9.17) is 4.42 Å². The molecule has 44 heavy (non-hydrogen) atoms. The summed E-state index contributed by atoms with van der Waals surface area (Å²) in [6.07, 6.45) is 0. The summed E-state index contributed by atoms with van der Waals surface area (Å²) in [5.41, 5.74) is 16.5. The van der Waals surface area contributed by atoms with E-state index in [2.05, 4.69) is 141 Å². The lowest BCUT2D eigenvalue weighted by Gasteiger charge is -2.27. The fourth-order valence-corrected chi connectivity index (χ4v) is 8.89. The Balaban J connectivity index is 1.47. The molecular weight excluding hydrogens is 534 g/mol. The van der Waals surface area contributed by atoms with Crippen LogP contribution < -0.4 is 0 Å². The Bertz CT molecular complexity index is 2550. The van der Waals surface area contributed by atoms with Gasteiger partial charge in [-0.3, -0.25) is 0 Å². The summed E-state index contributed by atoms with van der Waals surface area (Å²) in [4.78, 5) is 0. The van der Waals surface area contributed by atoms with Gasteiger partial charge in [0.1, 0.15) is 11.2 Å². The molecule has 0 aliphatic heterocycles. The molecule has 210 valence electrons. The number of nitrogens with zero attached hydrogens (tertiary/aromatic N) is 1. The van der Waals surface area contributed by atoms with Crippen molar-refractivity contribution in [2.24, 2.45) is 0 Å². The third kappa shape index (κ3) is 2.74. The standard InChI is InChI=1S/C42H31NO/c1-41(2)30-17-9-5-14-26(30)35-38-36(27-15-6-10-18-31(27)42(38,3)4)40-37(39(35)41)28-16-7-11-19-32(28)43(40)24-21-22-34-29(23-24)25-13-8-12-20-33(25)44-34/h5-23H,1-4H3. The maximum absolute atomic E-state index is 6.26. The minimum absolute atomic E-state index is 0.149. The number of hydrogen-bond donors (Lipinski definition) is 0. The Kier molecular flexibility index (Phi) is 4.37. The predicted octanol–water partition coefficient (Wildman–Crippen LogP) is 11.3. The summed E-state index contributed by atoms with van der Waals surface area (Å²) in [6.45, 7) is 9.70. The van der Waals surface area contributed by atoms with Crippen molar-refractivity contribution in [3.05, 3.63) is 138 Å². The lowest BCUT2D eigenvalue weighted by atomic mass is 9.75. The van der Waals surface area contributed by atoms with E-state index >= 15 is 0 Å². The smallest absolute Gasteiger partial charge is 0.135 e. The van der Waals surface area contributed by atoms with E-state index in [0.717, 1.165) is 27.6 Å². The van der Waals surface area contributed by atoms with Gasteiger partial charge in [0.25, 0.3) is 0 Å². The first-order valence-corrected chi connectivity index (χ1v) is 15.6. The Labute approximate surface area is 256 Å². The van der Waals surface area contributed by atoms with Crippen LogP contribution in [0.4, 0.5) is 0 Å². The molecule has 0 saturated carbocycles. The Morgan fingerprint density at radius 3 is 1.89 bits per heavy atom. The predicted molar refractivity (Wildman–Crippen MR) is 183 cm³/mol. The number of furan rings is 1. The maximum Gasteiger partial charge on any atom is 0.135 e. The minimum atomic E-state index is -0.149. The molecule has 0 N–H and O–H groups in total. The van der Waals surface area contributed by atoms with Gasteiger partial charge >= 0.3 is 0 Å². The third-order valence-electron chi connectivity index (χ3n) is 10.7. The van der Waals surface area contributed by atoms with Crippen LogP contribution in [0.25, 0.3) is 71.7 Å². The maximum atomic E-state index is 6.26. The van der Waals surface area contributed by atoms with Crippen LogP contribution in [0.3, 0.4) is 0 Å². The van der Waals surface area contributed by atoms with Crippen molar-refractivity contribution in [3.63, 3.8) is 0 Å². The molecule has 0 spiro atoms. The summed E-state index contributed by atoms with van der Waals surface area (Å²) in [7, 11) is 0. The van der Waals surface area contributed by atoms with Crippen molar-refractivity contribution in [1.29, 1.82) is 0 Å². The molecule has 6 aromatic carbocycles. The highest BCUT2D eigenvalue weighted by molar-refractivity contribution is 6.21. The molecule has 0 unspecified atom stereocenters. The van der Waals surface area contributed by atoms with Crippen LogP contribution in [0.15, 0.2) is 120 Å². The zero-order chi connectivity index (χ0) is 29.5. The molecule has 0 bridgehead atoms. The molecule has 0 fully saturated rings. The third-order valence-corrected chi connectivity index (χ3v) is 10.7. The van der Waals surface area contributed by atoms with Crippen molar-refractivity contribution in [2.45, 2.75) is 38.5 Å². The van der Waals surface area contributed by atoms with Gasteiger partial charge in [0.15, 0.2) is 0 Å². The largest absolute Gasteiger partial charge is 0.456 e. The Morgan fingerprint density at radius 2 is 1.11 bits per heavy atom. The highest BCUT2D eigenvalue weighted by atomic mass is 16.3. The van der Waals surface area contributed by atoms with Crippen molar-refractivity contribution in [3.8, 4) is 27.9 Å². The van der Waals surface area contributed by atoms with E-state index < -0.39 is 0 Å². The highest BCUT2D eigenvalue weighted by Gasteiger charge is 2.47. The number of rotatable bonds is 1. The van der Waals surface area contributed by atoms with Gasteiger partial charge in [0.2, 0.25) is 0 Å². The molecule has 0 atom stereocenters. The molecular formula is C42H31NO. The second-order valence-electron chi connectivity index (χ2n) is 13.7. The van der Waals surface area contributed by atoms with E-state index in [9.17, 15) is 0 Å². The lowest BCUT2D eigenvalue weighted by molar-refractivity contribution is 0.651. The SMILES string of the molecule is CC1(C)c2ccccc2-c2c1c1c(c3c4ccccc4n(-c4ccc5oc6ccccc6c5c4)c23)C(C)(C)c2ccccc2-1. The molecule has 2 aliphatic rings. The number of hydrogen-bond acceptors (Lipinski definition) is 1. The van der Waals surface area contributed by atoms with Crippen molar-refractivity contribution >= 4 is 43.7 Å². The molecule has 0 radical (unpaired) electrons. The van der Waals surface area contributed by atoms with E-state index in [1.807, 2.05) is 6.07 Å². The quantitative estimate of drug-likeness (QED) is 0.194. The Hall–Kier alpha value is -5.08. The molecule has 0 saturated heterocycles. The molecule has 2 nitrogen and oxygen atoms in total. The molecule has 2 heterocycles. The van der Waals surface area contributed by atoms with E-state index in [1.165, 1.54) is 66.3 Å². The van der Waals surface area contributed by atoms with E-state index in [1.54, 1.807) is 0 Å². The second-order valence-corrected chi connectivity index (χ2v) is 13.7. The first kappa shape index (κ1) is 24.4. The van der Waals surface area contributed by atoms with Gasteiger partial charge < -0.3 is 8.98 Å². The van der Waals surface area contributed by atoms with E-state index in [0.29, 0.717) is 0 Å². The number of fused-ring (bicyclic) bond motifs is 15. The van der Waals surface area contributed by atoms with Crippen LogP contribution in [0.5, 0.6) is 0 Å². The van der Waals surface area contributed by atoms with Crippen LogP contribution in [-0.4, -0.2) is 4.57 Å². The average molecular weight is 566 g/mol. The lowest BCUT2D eigenvalue weighted by Crippen LogP contribution is -2.19. The minimum Gasteiger partial charge on any atom is -0.456 e. The molecule has 8 aromatic rings. The molecule has 10 rings (SSSR count). The van der Waals surface area contributed by atoms with Crippen LogP contribution >= 0.6 is 0 Å². The van der Waals surface area contributed by atoms with Crippen LogP contribution in [0, 0.1) is 0 Å². The normalized spacial score (nSPS) is 15.6. The number of para-hydroxylation sites is 2. The van der Waals surface area contributed by atoms with Gasteiger partial charge in [-0.2, -0.15) is 0 Å². The fourth-order valence-electron chi connectivity index (χ4n) is 8.89. The topological polar surface area (TPSA) is 18.1 Å². The van der Waals surface area contributed by atoms with Gasteiger partial charge in [0, 0.05) is 43.6 Å². The molecule has 0 amide bonds. The van der Waals surface area contributed by atoms with Gasteiger partial charge in [-0.25, -0.2) is 0 Å².